The van der Waals surface area contributed by atoms with Crippen molar-refractivity contribution in [3.05, 3.63) is 99.5 Å². The molecule has 2 aliphatic heterocycles. The monoisotopic (exact) mass is 644 g/mol. The number of anilines is 1. The molecule has 6 nitrogen and oxygen atoms in total. The van der Waals surface area contributed by atoms with E-state index in [0.29, 0.717) is 23.2 Å². The predicted molar refractivity (Wildman–Crippen MR) is 167 cm³/mol. The molecule has 1 spiro atoms. The third-order valence-electron chi connectivity index (χ3n) is 8.02. The summed E-state index contributed by atoms with van der Waals surface area (Å²) >= 11 is 9.55. The largest absolute Gasteiger partial charge is 0.338 e. The van der Waals surface area contributed by atoms with Crippen molar-refractivity contribution in [3.63, 3.8) is 0 Å². The van der Waals surface area contributed by atoms with Crippen LogP contribution in [0.2, 0.25) is 5.02 Å². The predicted octanol–water partition coefficient (Wildman–Crippen LogP) is 7.29. The second-order valence-corrected chi connectivity index (χ2v) is 11.9. The minimum Gasteiger partial charge on any atom is -0.338 e. The maximum atomic E-state index is 13.4. The second-order valence-electron chi connectivity index (χ2n) is 10.6. The molecule has 0 saturated carbocycles. The molecule has 0 aliphatic carbocycles. The molecule has 9 heteroatoms. The van der Waals surface area contributed by atoms with Crippen molar-refractivity contribution >= 4 is 57.6 Å². The molecule has 0 bridgehead atoms. The number of hydrogen-bond acceptors (Lipinski definition) is 3. The summed E-state index contributed by atoms with van der Waals surface area (Å²) in [6.45, 7) is 4.15. The van der Waals surface area contributed by atoms with E-state index >= 15 is 0 Å². The van der Waals surface area contributed by atoms with Gasteiger partial charge in [0.25, 0.3) is 0 Å². The van der Waals surface area contributed by atoms with Gasteiger partial charge in [-0.25, -0.2) is 4.79 Å². The molecule has 3 amide bonds. The molecule has 3 aromatic rings. The van der Waals surface area contributed by atoms with E-state index in [4.69, 9.17) is 11.6 Å². The molecular weight excluding hydrogens is 611 g/mol. The lowest BCUT2D eigenvalue weighted by Gasteiger charge is -2.38. The van der Waals surface area contributed by atoms with Crippen LogP contribution < -0.4 is 10.6 Å². The van der Waals surface area contributed by atoms with Crippen LogP contribution in [0.4, 0.5) is 10.5 Å². The molecular formula is C31H35BrCl2N4O2. The Labute approximate surface area is 256 Å². The van der Waals surface area contributed by atoms with Crippen molar-refractivity contribution < 1.29 is 9.59 Å². The van der Waals surface area contributed by atoms with Gasteiger partial charge in [0, 0.05) is 34.8 Å². The zero-order chi connectivity index (χ0) is 27.2. The van der Waals surface area contributed by atoms with E-state index in [0.717, 1.165) is 61.9 Å². The third kappa shape index (κ3) is 7.58. The summed E-state index contributed by atoms with van der Waals surface area (Å²) in [5, 5.41) is 6.61. The van der Waals surface area contributed by atoms with Gasteiger partial charge < -0.3 is 20.4 Å². The van der Waals surface area contributed by atoms with Crippen LogP contribution in [-0.4, -0.2) is 47.9 Å². The molecule has 1 atom stereocenters. The maximum absolute atomic E-state index is 13.4. The number of nitrogens with zero attached hydrogens (tertiary/aromatic N) is 2. The number of piperidine rings is 1. The van der Waals surface area contributed by atoms with E-state index in [2.05, 4.69) is 43.6 Å². The second kappa shape index (κ2) is 13.9. The van der Waals surface area contributed by atoms with E-state index in [1.54, 1.807) is 12.1 Å². The van der Waals surface area contributed by atoms with E-state index in [1.165, 1.54) is 5.56 Å². The van der Waals surface area contributed by atoms with E-state index in [1.807, 2.05) is 59.5 Å². The molecule has 2 heterocycles. The van der Waals surface area contributed by atoms with Gasteiger partial charge in [-0.05, 0) is 80.2 Å². The van der Waals surface area contributed by atoms with E-state index in [9.17, 15) is 9.59 Å². The van der Waals surface area contributed by atoms with Crippen molar-refractivity contribution in [2.75, 3.05) is 31.5 Å². The maximum Gasteiger partial charge on any atom is 0.319 e. The molecule has 5 rings (SSSR count). The Morgan fingerprint density at radius 3 is 2.35 bits per heavy atom. The van der Waals surface area contributed by atoms with Crippen LogP contribution in [0.25, 0.3) is 0 Å². The van der Waals surface area contributed by atoms with Gasteiger partial charge in [-0.15, -0.1) is 12.4 Å². The van der Waals surface area contributed by atoms with Gasteiger partial charge in [0.05, 0.1) is 11.5 Å². The number of carbonyl (C=O) groups is 2. The Morgan fingerprint density at radius 1 is 0.950 bits per heavy atom. The first kappa shape index (κ1) is 30.4. The lowest BCUT2D eigenvalue weighted by atomic mass is 9.77. The third-order valence-corrected chi connectivity index (χ3v) is 8.79. The minimum atomic E-state index is -0.258. The number of amides is 3. The zero-order valence-corrected chi connectivity index (χ0v) is 25.5. The van der Waals surface area contributed by atoms with Crippen LogP contribution in [0.1, 0.15) is 42.9 Å². The Balaban J connectivity index is 0.00000370. The van der Waals surface area contributed by atoms with E-state index < -0.39 is 0 Å². The van der Waals surface area contributed by atoms with Crippen LogP contribution in [0, 0.1) is 5.41 Å². The fraction of sp³-hybridized carbons (Fsp3) is 0.355. The Bertz CT molecular complexity index is 1280. The first-order chi connectivity index (χ1) is 18.9. The summed E-state index contributed by atoms with van der Waals surface area (Å²) in [6.07, 6.45) is 3.50. The summed E-state index contributed by atoms with van der Waals surface area (Å²) in [6, 6.07) is 25.0. The molecule has 2 N–H and O–H groups in total. The molecule has 212 valence electrons. The molecule has 0 aromatic heterocycles. The van der Waals surface area contributed by atoms with Gasteiger partial charge in [0.15, 0.2) is 0 Å². The van der Waals surface area contributed by atoms with Crippen molar-refractivity contribution in [2.45, 2.75) is 38.3 Å². The fourth-order valence-corrected chi connectivity index (χ4v) is 6.19. The van der Waals surface area contributed by atoms with Crippen molar-refractivity contribution in [1.82, 2.24) is 15.1 Å². The standard InChI is InChI=1S/C31H34BrClN4O2.ClH/c32-25-11-9-23(10-12-25)22-37-20-16-31(29(37)38)14-18-36(19-15-31)17-13-28(24-5-2-1-3-6-24)35-30(39)34-27-8-4-7-26(33)21-27;/h1-12,21,28H,13-20,22H2,(H2,34,35,39);1H. The zero-order valence-electron chi connectivity index (χ0n) is 22.3. The lowest BCUT2D eigenvalue weighted by molar-refractivity contribution is -0.138. The van der Waals surface area contributed by atoms with Gasteiger partial charge in [-0.2, -0.15) is 0 Å². The lowest BCUT2D eigenvalue weighted by Crippen LogP contribution is -2.45. The number of hydrogen-bond donors (Lipinski definition) is 2. The van der Waals surface area contributed by atoms with Crippen LogP contribution >= 0.6 is 39.9 Å². The Kier molecular flexibility index (Phi) is 10.5. The highest BCUT2D eigenvalue weighted by atomic mass is 79.9. The first-order valence-corrected chi connectivity index (χ1v) is 14.7. The average Bonchev–Trinajstić information content (AvgIpc) is 3.23. The molecule has 40 heavy (non-hydrogen) atoms. The highest BCUT2D eigenvalue weighted by Gasteiger charge is 2.47. The van der Waals surface area contributed by atoms with Crippen molar-refractivity contribution in [1.29, 1.82) is 0 Å². The van der Waals surface area contributed by atoms with Crippen LogP contribution in [0.5, 0.6) is 0 Å². The van der Waals surface area contributed by atoms with Crippen LogP contribution in [0.3, 0.4) is 0 Å². The summed E-state index contributed by atoms with van der Waals surface area (Å²) in [5.74, 6) is 0.312. The summed E-state index contributed by atoms with van der Waals surface area (Å²) in [5.41, 5.74) is 2.67. The topological polar surface area (TPSA) is 64.7 Å². The van der Waals surface area contributed by atoms with Gasteiger partial charge >= 0.3 is 6.03 Å². The van der Waals surface area contributed by atoms with Crippen LogP contribution in [-0.2, 0) is 11.3 Å². The van der Waals surface area contributed by atoms with Gasteiger partial charge in [0.2, 0.25) is 5.91 Å². The van der Waals surface area contributed by atoms with Crippen LogP contribution in [0.15, 0.2) is 83.3 Å². The summed E-state index contributed by atoms with van der Waals surface area (Å²) in [4.78, 5) is 30.7. The number of benzene rings is 3. The molecule has 2 aliphatic rings. The number of carbonyl (C=O) groups excluding carboxylic acids is 2. The van der Waals surface area contributed by atoms with Gasteiger partial charge in [0.1, 0.15) is 0 Å². The normalized spacial score (nSPS) is 17.4. The van der Waals surface area contributed by atoms with Crippen molar-refractivity contribution in [2.24, 2.45) is 5.41 Å². The highest BCUT2D eigenvalue weighted by molar-refractivity contribution is 9.10. The molecule has 2 saturated heterocycles. The number of rotatable bonds is 8. The number of urea groups is 1. The SMILES string of the molecule is Cl.O=C(Nc1cccc(Cl)c1)NC(CCN1CCC2(CC1)CCN(Cc1ccc(Br)cc1)C2=O)c1ccccc1. The molecule has 3 aromatic carbocycles. The Hall–Kier alpha value is -2.58. The number of halogens is 3. The first-order valence-electron chi connectivity index (χ1n) is 13.5. The molecule has 0 radical (unpaired) electrons. The Morgan fingerprint density at radius 2 is 1.65 bits per heavy atom. The van der Waals surface area contributed by atoms with Gasteiger partial charge in [-0.1, -0.05) is 76.1 Å². The van der Waals surface area contributed by atoms with Crippen molar-refractivity contribution in [3.8, 4) is 0 Å². The summed E-state index contributed by atoms with van der Waals surface area (Å²) < 4.78 is 1.05. The highest BCUT2D eigenvalue weighted by Crippen LogP contribution is 2.42. The number of nitrogens with one attached hydrogen (secondary N) is 2. The molecule has 2 fully saturated rings. The van der Waals surface area contributed by atoms with Gasteiger partial charge in [-0.3, -0.25) is 4.79 Å². The number of likely N-dealkylation sites (tertiary alicyclic amines) is 2. The minimum absolute atomic E-state index is 0. The summed E-state index contributed by atoms with van der Waals surface area (Å²) in [7, 11) is 0. The smallest absolute Gasteiger partial charge is 0.319 e. The van der Waals surface area contributed by atoms with E-state index in [-0.39, 0.29) is 29.9 Å². The molecule has 1 unspecified atom stereocenters. The quantitative estimate of drug-likeness (QED) is 0.270. The average molecular weight is 646 g/mol. The fourth-order valence-electron chi connectivity index (χ4n) is 5.73.